The lowest BCUT2D eigenvalue weighted by Crippen LogP contribution is -2.41. The molecule has 3 nitrogen and oxygen atoms in total. The lowest BCUT2D eigenvalue weighted by Gasteiger charge is -2.20. The highest BCUT2D eigenvalue weighted by Gasteiger charge is 2.17. The Bertz CT molecular complexity index is 403. The maximum absolute atomic E-state index is 13.5. The van der Waals surface area contributed by atoms with Crippen LogP contribution in [0.1, 0.15) is 19.4 Å². The summed E-state index contributed by atoms with van der Waals surface area (Å²) in [6, 6.07) is 3.96. The van der Waals surface area contributed by atoms with E-state index in [2.05, 4.69) is 5.32 Å². The second kappa shape index (κ2) is 6.71. The number of carbonyl (C=O) groups is 1. The number of amides is 1. The van der Waals surface area contributed by atoms with Crippen LogP contribution in [-0.2, 0) is 11.2 Å². The van der Waals surface area contributed by atoms with Gasteiger partial charge in [-0.2, -0.15) is 0 Å². The van der Waals surface area contributed by atoms with Crippen LogP contribution in [0.5, 0.6) is 0 Å². The fraction of sp³-hybridized carbons (Fsp3) is 0.462. The van der Waals surface area contributed by atoms with Crippen LogP contribution in [0.25, 0.3) is 0 Å². The summed E-state index contributed by atoms with van der Waals surface area (Å²) in [7, 11) is 0. The third-order valence-corrected chi connectivity index (χ3v) is 3.10. The lowest BCUT2D eigenvalue weighted by atomic mass is 10.0. The van der Waals surface area contributed by atoms with Crippen molar-refractivity contribution < 1.29 is 14.3 Å². The maximum Gasteiger partial charge on any atom is 0.224 e. The van der Waals surface area contributed by atoms with Crippen molar-refractivity contribution >= 4 is 17.5 Å². The second-order valence-electron chi connectivity index (χ2n) is 4.48. The van der Waals surface area contributed by atoms with Crippen molar-refractivity contribution in [3.63, 3.8) is 0 Å². The summed E-state index contributed by atoms with van der Waals surface area (Å²) < 4.78 is 13.5. The minimum absolute atomic E-state index is 0.107. The number of carbonyl (C=O) groups excluding carboxylic acids is 1. The first-order valence-corrected chi connectivity index (χ1v) is 6.16. The Kier molecular flexibility index (Phi) is 5.56. The zero-order valence-corrected chi connectivity index (χ0v) is 11.2. The van der Waals surface area contributed by atoms with E-state index in [4.69, 9.17) is 16.7 Å². The average Bonchev–Trinajstić information content (AvgIpc) is 2.30. The quantitative estimate of drug-likeness (QED) is 0.864. The maximum atomic E-state index is 13.5. The number of hydrogen-bond acceptors (Lipinski definition) is 2. The first-order valence-electron chi connectivity index (χ1n) is 5.78. The number of aliphatic hydroxyl groups excluding tert-OH is 1. The molecule has 2 N–H and O–H groups in total. The van der Waals surface area contributed by atoms with Gasteiger partial charge in [0.1, 0.15) is 5.82 Å². The highest BCUT2D eigenvalue weighted by Crippen LogP contribution is 2.19. The lowest BCUT2D eigenvalue weighted by molar-refractivity contribution is -0.121. The number of hydrogen-bond donors (Lipinski definition) is 2. The molecular weight excluding hydrogens is 257 g/mol. The van der Waals surface area contributed by atoms with Gasteiger partial charge in [-0.05, 0) is 18.1 Å². The van der Waals surface area contributed by atoms with E-state index in [9.17, 15) is 9.18 Å². The smallest absolute Gasteiger partial charge is 0.224 e. The standard InChI is InChI=1S/C13H17ClFNO2/c1-8(2)12(7-17)16-13(18)6-9-10(14)4-3-5-11(9)15/h3-5,8,12,17H,6-7H2,1-2H3,(H,16,18)/t12-/m1/s1. The molecule has 1 amide bonds. The Balaban J connectivity index is 2.70. The van der Waals surface area contributed by atoms with Crippen LogP contribution in [0.15, 0.2) is 18.2 Å². The summed E-state index contributed by atoms with van der Waals surface area (Å²) >= 11 is 5.84. The summed E-state index contributed by atoms with van der Waals surface area (Å²) in [5, 5.41) is 12.0. The Morgan fingerprint density at radius 2 is 2.17 bits per heavy atom. The van der Waals surface area contributed by atoms with Gasteiger partial charge in [-0.15, -0.1) is 0 Å². The minimum Gasteiger partial charge on any atom is -0.394 e. The molecule has 0 aliphatic heterocycles. The van der Waals surface area contributed by atoms with Crippen LogP contribution in [0, 0.1) is 11.7 Å². The van der Waals surface area contributed by atoms with Crippen LogP contribution in [0.3, 0.4) is 0 Å². The molecule has 100 valence electrons. The van der Waals surface area contributed by atoms with Gasteiger partial charge in [0.05, 0.1) is 19.1 Å². The van der Waals surface area contributed by atoms with Crippen molar-refractivity contribution in [2.24, 2.45) is 5.92 Å². The zero-order valence-electron chi connectivity index (χ0n) is 10.4. The number of aliphatic hydroxyl groups is 1. The fourth-order valence-corrected chi connectivity index (χ4v) is 1.77. The van der Waals surface area contributed by atoms with Crippen molar-refractivity contribution in [3.05, 3.63) is 34.6 Å². The Labute approximate surface area is 111 Å². The third kappa shape index (κ3) is 3.96. The van der Waals surface area contributed by atoms with Crippen LogP contribution >= 0.6 is 11.6 Å². The van der Waals surface area contributed by atoms with E-state index in [1.54, 1.807) is 6.07 Å². The van der Waals surface area contributed by atoms with E-state index in [1.807, 2.05) is 13.8 Å². The molecule has 1 rings (SSSR count). The monoisotopic (exact) mass is 273 g/mol. The molecule has 0 heterocycles. The molecule has 0 saturated carbocycles. The topological polar surface area (TPSA) is 49.3 Å². The summed E-state index contributed by atoms with van der Waals surface area (Å²) in [5.74, 6) is -0.743. The van der Waals surface area contributed by atoms with Crippen LogP contribution < -0.4 is 5.32 Å². The Hall–Kier alpha value is -1.13. The number of nitrogens with one attached hydrogen (secondary N) is 1. The molecule has 0 bridgehead atoms. The van der Waals surface area contributed by atoms with E-state index in [-0.39, 0.29) is 41.5 Å². The van der Waals surface area contributed by atoms with E-state index in [1.165, 1.54) is 12.1 Å². The van der Waals surface area contributed by atoms with Gasteiger partial charge in [0.2, 0.25) is 5.91 Å². The molecule has 0 aromatic heterocycles. The molecular formula is C13H17ClFNO2. The molecule has 0 spiro atoms. The first kappa shape index (κ1) is 14.9. The molecule has 1 atom stereocenters. The highest BCUT2D eigenvalue weighted by atomic mass is 35.5. The molecule has 0 unspecified atom stereocenters. The number of rotatable bonds is 5. The van der Waals surface area contributed by atoms with Crippen LogP contribution in [0.2, 0.25) is 5.02 Å². The van der Waals surface area contributed by atoms with Gasteiger partial charge < -0.3 is 10.4 Å². The first-order chi connectivity index (χ1) is 8.45. The SMILES string of the molecule is CC(C)[C@@H](CO)NC(=O)Cc1c(F)cccc1Cl. The van der Waals surface area contributed by atoms with Gasteiger partial charge in [-0.1, -0.05) is 31.5 Å². The van der Waals surface area contributed by atoms with Crippen molar-refractivity contribution in [1.29, 1.82) is 0 Å². The van der Waals surface area contributed by atoms with E-state index in [0.29, 0.717) is 0 Å². The molecule has 0 aliphatic carbocycles. The van der Waals surface area contributed by atoms with Crippen LogP contribution in [-0.4, -0.2) is 23.7 Å². The number of halogens is 2. The summed E-state index contributed by atoms with van der Waals surface area (Å²) in [6.07, 6.45) is -0.130. The van der Waals surface area contributed by atoms with Crippen molar-refractivity contribution in [2.45, 2.75) is 26.3 Å². The van der Waals surface area contributed by atoms with E-state index in [0.717, 1.165) is 0 Å². The van der Waals surface area contributed by atoms with Gasteiger partial charge in [0, 0.05) is 10.6 Å². The summed E-state index contributed by atoms with van der Waals surface area (Å²) in [6.45, 7) is 3.63. The molecule has 5 heteroatoms. The van der Waals surface area contributed by atoms with Gasteiger partial charge in [0.25, 0.3) is 0 Å². The minimum atomic E-state index is -0.497. The van der Waals surface area contributed by atoms with Crippen LogP contribution in [0.4, 0.5) is 4.39 Å². The molecule has 1 aromatic carbocycles. The predicted octanol–water partition coefficient (Wildman–Crippen LogP) is 2.15. The van der Waals surface area contributed by atoms with E-state index >= 15 is 0 Å². The van der Waals surface area contributed by atoms with Crippen molar-refractivity contribution in [2.75, 3.05) is 6.61 Å². The zero-order chi connectivity index (χ0) is 13.7. The molecule has 0 fully saturated rings. The van der Waals surface area contributed by atoms with Gasteiger partial charge >= 0.3 is 0 Å². The Morgan fingerprint density at radius 1 is 1.50 bits per heavy atom. The van der Waals surface area contributed by atoms with Crippen molar-refractivity contribution in [1.82, 2.24) is 5.32 Å². The number of benzene rings is 1. The molecule has 0 radical (unpaired) electrons. The normalized spacial score (nSPS) is 12.6. The predicted molar refractivity (Wildman–Crippen MR) is 69.0 cm³/mol. The van der Waals surface area contributed by atoms with Gasteiger partial charge in [-0.3, -0.25) is 4.79 Å². The van der Waals surface area contributed by atoms with E-state index < -0.39 is 5.82 Å². The summed E-state index contributed by atoms with van der Waals surface area (Å²) in [5.41, 5.74) is 0.178. The van der Waals surface area contributed by atoms with Gasteiger partial charge in [-0.25, -0.2) is 4.39 Å². The average molecular weight is 274 g/mol. The molecule has 0 saturated heterocycles. The fourth-order valence-electron chi connectivity index (χ4n) is 1.54. The second-order valence-corrected chi connectivity index (χ2v) is 4.88. The molecule has 0 aliphatic rings. The molecule has 18 heavy (non-hydrogen) atoms. The summed E-state index contributed by atoms with van der Waals surface area (Å²) in [4.78, 5) is 11.7. The largest absolute Gasteiger partial charge is 0.394 e. The Morgan fingerprint density at radius 3 is 2.67 bits per heavy atom. The molecule has 1 aromatic rings. The third-order valence-electron chi connectivity index (χ3n) is 2.75. The van der Waals surface area contributed by atoms with Crippen molar-refractivity contribution in [3.8, 4) is 0 Å². The van der Waals surface area contributed by atoms with Gasteiger partial charge in [0.15, 0.2) is 0 Å². The highest BCUT2D eigenvalue weighted by molar-refractivity contribution is 6.31.